The highest BCUT2D eigenvalue weighted by Crippen LogP contribution is 2.26. The molecule has 0 spiro atoms. The molecule has 8 heteroatoms. The maximum atomic E-state index is 6.15. The van der Waals surface area contributed by atoms with Gasteiger partial charge in [0, 0.05) is 18.9 Å². The maximum absolute atomic E-state index is 6.15. The molecule has 4 aromatic rings. The van der Waals surface area contributed by atoms with Gasteiger partial charge in [0.15, 0.2) is 5.82 Å². The number of hydrogen-bond acceptors (Lipinski definition) is 6. The van der Waals surface area contributed by atoms with Crippen molar-refractivity contribution in [3.05, 3.63) is 71.6 Å². The number of imidazole rings is 1. The van der Waals surface area contributed by atoms with Crippen molar-refractivity contribution in [2.75, 3.05) is 5.84 Å². The van der Waals surface area contributed by atoms with Crippen molar-refractivity contribution in [3.63, 3.8) is 0 Å². The van der Waals surface area contributed by atoms with Gasteiger partial charge in [0.2, 0.25) is 5.16 Å². The average molecular weight is 368 g/mol. The van der Waals surface area contributed by atoms with Gasteiger partial charge in [-0.3, -0.25) is 0 Å². The van der Waals surface area contributed by atoms with Crippen LogP contribution in [0.25, 0.3) is 10.7 Å². The van der Waals surface area contributed by atoms with E-state index in [0.29, 0.717) is 16.7 Å². The molecule has 6 nitrogen and oxygen atoms in total. The van der Waals surface area contributed by atoms with Gasteiger partial charge in [-0.05, 0) is 17.0 Å². The summed E-state index contributed by atoms with van der Waals surface area (Å²) in [4.78, 5) is 5.47. The molecule has 0 aliphatic carbocycles. The molecule has 4 rings (SSSR count). The summed E-state index contributed by atoms with van der Waals surface area (Å²) < 4.78 is 3.68. The van der Waals surface area contributed by atoms with Crippen LogP contribution >= 0.6 is 23.1 Å². The number of thiophene rings is 1. The van der Waals surface area contributed by atoms with Crippen LogP contribution < -0.4 is 5.84 Å². The molecular weight excluding hydrogens is 352 g/mol. The Hall–Kier alpha value is -2.58. The molecule has 3 heterocycles. The Morgan fingerprint density at radius 3 is 2.76 bits per heavy atom. The van der Waals surface area contributed by atoms with Crippen LogP contribution in [0.4, 0.5) is 0 Å². The number of nitrogens with two attached hydrogens (primary N) is 1. The van der Waals surface area contributed by atoms with Crippen molar-refractivity contribution in [1.82, 2.24) is 24.4 Å². The average Bonchev–Trinajstić information content (AvgIpc) is 3.36. The van der Waals surface area contributed by atoms with Gasteiger partial charge in [-0.25, -0.2) is 9.66 Å². The Morgan fingerprint density at radius 1 is 1.08 bits per heavy atom. The van der Waals surface area contributed by atoms with Crippen molar-refractivity contribution >= 4 is 23.1 Å². The number of aromatic nitrogens is 5. The van der Waals surface area contributed by atoms with E-state index in [0.717, 1.165) is 17.2 Å². The Balaban J connectivity index is 1.47. The molecule has 0 radical (unpaired) electrons. The van der Waals surface area contributed by atoms with E-state index in [4.69, 9.17) is 5.84 Å². The minimum absolute atomic E-state index is 0.678. The first-order chi connectivity index (χ1) is 12.3. The van der Waals surface area contributed by atoms with Crippen LogP contribution in [-0.4, -0.2) is 24.4 Å². The fraction of sp³-hybridized carbons (Fsp3) is 0.118. The van der Waals surface area contributed by atoms with Crippen LogP contribution in [-0.2, 0) is 12.3 Å². The van der Waals surface area contributed by atoms with E-state index in [1.165, 1.54) is 17.3 Å². The number of thioether (sulfide) groups is 1. The molecule has 0 saturated carbocycles. The lowest BCUT2D eigenvalue weighted by Gasteiger charge is -2.08. The summed E-state index contributed by atoms with van der Waals surface area (Å²) in [6, 6.07) is 14.3. The normalized spacial score (nSPS) is 11.0. The predicted octanol–water partition coefficient (Wildman–Crippen LogP) is 3.26. The minimum Gasteiger partial charge on any atom is -0.335 e. The number of nitrogen functional groups attached to an aromatic ring is 1. The second-order valence-electron chi connectivity index (χ2n) is 5.40. The SMILES string of the molecule is Nn1c(SCc2nccn2Cc2ccccc2)nnc1-c1cccs1. The van der Waals surface area contributed by atoms with E-state index in [1.807, 2.05) is 48.1 Å². The van der Waals surface area contributed by atoms with Crippen molar-refractivity contribution in [2.45, 2.75) is 17.5 Å². The summed E-state index contributed by atoms with van der Waals surface area (Å²) in [7, 11) is 0. The van der Waals surface area contributed by atoms with E-state index in [2.05, 4.69) is 31.9 Å². The lowest BCUT2D eigenvalue weighted by atomic mass is 10.2. The van der Waals surface area contributed by atoms with Gasteiger partial charge in [-0.15, -0.1) is 21.5 Å². The molecule has 0 atom stereocenters. The molecule has 1 aromatic carbocycles. The fourth-order valence-electron chi connectivity index (χ4n) is 2.48. The van der Waals surface area contributed by atoms with Crippen molar-refractivity contribution in [1.29, 1.82) is 0 Å². The standard InChI is InChI=1S/C17H16N6S2/c18-23-16(14-7-4-10-24-14)20-21-17(23)25-12-15-19-8-9-22(15)11-13-5-2-1-3-6-13/h1-10H,11-12,18H2. The van der Waals surface area contributed by atoms with E-state index in [9.17, 15) is 0 Å². The molecule has 25 heavy (non-hydrogen) atoms. The molecule has 0 saturated heterocycles. The monoisotopic (exact) mass is 368 g/mol. The summed E-state index contributed by atoms with van der Waals surface area (Å²) >= 11 is 3.13. The second-order valence-corrected chi connectivity index (χ2v) is 7.29. The van der Waals surface area contributed by atoms with Crippen LogP contribution in [0.2, 0.25) is 0 Å². The Morgan fingerprint density at radius 2 is 1.96 bits per heavy atom. The highest BCUT2D eigenvalue weighted by atomic mass is 32.2. The minimum atomic E-state index is 0.678. The second kappa shape index (κ2) is 7.12. The molecule has 0 amide bonds. The van der Waals surface area contributed by atoms with Crippen LogP contribution in [0.3, 0.4) is 0 Å². The first-order valence-electron chi connectivity index (χ1n) is 7.72. The summed E-state index contributed by atoms with van der Waals surface area (Å²) in [6.45, 7) is 0.798. The summed E-state index contributed by atoms with van der Waals surface area (Å²) in [6.07, 6.45) is 3.82. The molecule has 126 valence electrons. The summed E-state index contributed by atoms with van der Waals surface area (Å²) in [5.74, 6) is 8.49. The lowest BCUT2D eigenvalue weighted by molar-refractivity contribution is 0.754. The van der Waals surface area contributed by atoms with E-state index >= 15 is 0 Å². The molecule has 0 fully saturated rings. The number of benzene rings is 1. The zero-order valence-electron chi connectivity index (χ0n) is 13.3. The number of nitrogens with zero attached hydrogens (tertiary/aromatic N) is 5. The largest absolute Gasteiger partial charge is 0.335 e. The van der Waals surface area contributed by atoms with Crippen LogP contribution in [0, 0.1) is 0 Å². The summed E-state index contributed by atoms with van der Waals surface area (Å²) in [5.41, 5.74) is 1.24. The van der Waals surface area contributed by atoms with Gasteiger partial charge in [0.05, 0.1) is 10.6 Å². The quantitative estimate of drug-likeness (QED) is 0.418. The van der Waals surface area contributed by atoms with Gasteiger partial charge >= 0.3 is 0 Å². The smallest absolute Gasteiger partial charge is 0.210 e. The van der Waals surface area contributed by atoms with Gasteiger partial charge in [0.25, 0.3) is 0 Å². The zero-order valence-corrected chi connectivity index (χ0v) is 15.0. The van der Waals surface area contributed by atoms with Crippen molar-refractivity contribution in [2.24, 2.45) is 0 Å². The molecule has 0 unspecified atom stereocenters. The van der Waals surface area contributed by atoms with E-state index < -0.39 is 0 Å². The Bertz CT molecular complexity index is 943. The van der Waals surface area contributed by atoms with Gasteiger partial charge in [0.1, 0.15) is 5.82 Å². The van der Waals surface area contributed by atoms with Crippen molar-refractivity contribution in [3.8, 4) is 10.7 Å². The van der Waals surface area contributed by atoms with Gasteiger partial charge < -0.3 is 10.4 Å². The van der Waals surface area contributed by atoms with Crippen molar-refractivity contribution < 1.29 is 0 Å². The highest BCUT2D eigenvalue weighted by Gasteiger charge is 2.14. The first-order valence-corrected chi connectivity index (χ1v) is 9.59. The maximum Gasteiger partial charge on any atom is 0.210 e. The molecule has 0 aliphatic rings. The lowest BCUT2D eigenvalue weighted by Crippen LogP contribution is -2.11. The molecule has 0 bridgehead atoms. The Kier molecular flexibility index (Phi) is 4.53. The third kappa shape index (κ3) is 3.45. The number of rotatable bonds is 6. The molecular formula is C17H16N6S2. The van der Waals surface area contributed by atoms with Crippen LogP contribution in [0.5, 0.6) is 0 Å². The van der Waals surface area contributed by atoms with E-state index in [-0.39, 0.29) is 0 Å². The fourth-order valence-corrected chi connectivity index (χ4v) is 4.01. The molecule has 2 N–H and O–H groups in total. The highest BCUT2D eigenvalue weighted by molar-refractivity contribution is 7.98. The first kappa shape index (κ1) is 15.9. The molecule has 3 aromatic heterocycles. The number of hydrogen-bond donors (Lipinski definition) is 1. The van der Waals surface area contributed by atoms with Crippen LogP contribution in [0.15, 0.2) is 65.4 Å². The zero-order chi connectivity index (χ0) is 17.1. The topological polar surface area (TPSA) is 74.6 Å². The van der Waals surface area contributed by atoms with E-state index in [1.54, 1.807) is 16.0 Å². The summed E-state index contributed by atoms with van der Waals surface area (Å²) in [5, 5.41) is 11.1. The molecule has 0 aliphatic heterocycles. The third-order valence-electron chi connectivity index (χ3n) is 3.73. The van der Waals surface area contributed by atoms with Crippen LogP contribution in [0.1, 0.15) is 11.4 Å². The van der Waals surface area contributed by atoms with Gasteiger partial charge in [-0.1, -0.05) is 48.2 Å². The third-order valence-corrected chi connectivity index (χ3v) is 5.54. The predicted molar refractivity (Wildman–Crippen MR) is 101 cm³/mol. The van der Waals surface area contributed by atoms with Gasteiger partial charge in [-0.2, -0.15) is 0 Å². The Labute approximate surface area is 153 Å².